The number of pyridine rings is 1. The van der Waals surface area contributed by atoms with Gasteiger partial charge < -0.3 is 15.4 Å². The van der Waals surface area contributed by atoms with Crippen molar-refractivity contribution in [2.24, 2.45) is 11.7 Å². The van der Waals surface area contributed by atoms with Crippen LogP contribution in [0, 0.1) is 5.92 Å². The average Bonchev–Trinajstić information content (AvgIpc) is 2.92. The summed E-state index contributed by atoms with van der Waals surface area (Å²) in [4.78, 5) is 6.71. The molecule has 1 aliphatic rings. The second kappa shape index (κ2) is 6.83. The van der Waals surface area contributed by atoms with Crippen LogP contribution in [0.25, 0.3) is 0 Å². The van der Waals surface area contributed by atoms with Gasteiger partial charge in [0.1, 0.15) is 0 Å². The molecule has 1 aromatic rings. The van der Waals surface area contributed by atoms with Gasteiger partial charge in [0, 0.05) is 50.0 Å². The van der Waals surface area contributed by atoms with Crippen molar-refractivity contribution >= 4 is 0 Å². The normalized spacial score (nSPS) is 21.4. The lowest BCUT2D eigenvalue weighted by Crippen LogP contribution is -2.44. The predicted octanol–water partition coefficient (Wildman–Crippen LogP) is 0.920. The Hall–Kier alpha value is -0.970. The van der Waals surface area contributed by atoms with Crippen molar-refractivity contribution in [3.05, 3.63) is 30.1 Å². The number of aromatic nitrogens is 1. The molecule has 0 amide bonds. The van der Waals surface area contributed by atoms with Gasteiger partial charge in [-0.25, -0.2) is 0 Å². The number of nitrogens with zero attached hydrogens (tertiary/aromatic N) is 2. The van der Waals surface area contributed by atoms with E-state index >= 15 is 0 Å². The highest BCUT2D eigenvalue weighted by Gasteiger charge is 2.27. The second-order valence-electron chi connectivity index (χ2n) is 4.98. The Balaban J connectivity index is 1.83. The molecule has 2 N–H and O–H groups in total. The molecule has 0 radical (unpaired) electrons. The van der Waals surface area contributed by atoms with E-state index in [1.807, 2.05) is 18.3 Å². The van der Waals surface area contributed by atoms with Gasteiger partial charge in [-0.3, -0.25) is 4.98 Å². The molecular formula is C14H23N3O. The molecule has 1 saturated heterocycles. The van der Waals surface area contributed by atoms with Gasteiger partial charge in [0.15, 0.2) is 0 Å². The van der Waals surface area contributed by atoms with Crippen molar-refractivity contribution in [2.45, 2.75) is 18.9 Å². The minimum atomic E-state index is 0.427. The third-order valence-electron chi connectivity index (χ3n) is 3.76. The molecule has 0 bridgehead atoms. The summed E-state index contributed by atoms with van der Waals surface area (Å²) in [5.74, 6) is 0.587. The maximum absolute atomic E-state index is 5.91. The zero-order chi connectivity index (χ0) is 12.8. The van der Waals surface area contributed by atoms with E-state index in [9.17, 15) is 0 Å². The monoisotopic (exact) mass is 249 g/mol. The smallest absolute Gasteiger partial charge is 0.0510 e. The molecule has 100 valence electrons. The Morgan fingerprint density at radius 1 is 1.56 bits per heavy atom. The molecule has 1 aliphatic heterocycles. The third-order valence-corrected chi connectivity index (χ3v) is 3.76. The summed E-state index contributed by atoms with van der Waals surface area (Å²) in [5.41, 5.74) is 7.05. The molecule has 1 fully saturated rings. The van der Waals surface area contributed by atoms with Crippen LogP contribution in [0.5, 0.6) is 0 Å². The third kappa shape index (κ3) is 3.51. The predicted molar refractivity (Wildman–Crippen MR) is 72.3 cm³/mol. The van der Waals surface area contributed by atoms with Gasteiger partial charge in [0.25, 0.3) is 0 Å². The number of rotatable bonds is 6. The number of likely N-dealkylation sites (N-methyl/N-ethyl adjacent to an activating group) is 1. The second-order valence-corrected chi connectivity index (χ2v) is 4.98. The summed E-state index contributed by atoms with van der Waals surface area (Å²) in [7, 11) is 2.15. The molecule has 2 heterocycles. The summed E-state index contributed by atoms with van der Waals surface area (Å²) in [6.07, 6.45) is 3.96. The molecule has 2 rings (SSSR count). The van der Waals surface area contributed by atoms with Crippen LogP contribution in [0.1, 0.15) is 12.1 Å². The fourth-order valence-electron chi connectivity index (χ4n) is 2.59. The van der Waals surface area contributed by atoms with Crippen molar-refractivity contribution in [3.63, 3.8) is 0 Å². The SMILES string of the molecule is CN(CCc1ccccn1)C(CN)C1CCOC1. The molecule has 2 atom stereocenters. The van der Waals surface area contributed by atoms with Crippen LogP contribution in [-0.2, 0) is 11.2 Å². The molecule has 4 nitrogen and oxygen atoms in total. The fourth-order valence-corrected chi connectivity index (χ4v) is 2.59. The van der Waals surface area contributed by atoms with Crippen molar-refractivity contribution in [1.29, 1.82) is 0 Å². The summed E-state index contributed by atoms with van der Waals surface area (Å²) < 4.78 is 5.46. The Morgan fingerprint density at radius 3 is 3.06 bits per heavy atom. The molecule has 0 aliphatic carbocycles. The lowest BCUT2D eigenvalue weighted by atomic mass is 9.97. The van der Waals surface area contributed by atoms with Gasteiger partial charge in [0.05, 0.1) is 6.61 Å². The fraction of sp³-hybridized carbons (Fsp3) is 0.643. The topological polar surface area (TPSA) is 51.4 Å². The first kappa shape index (κ1) is 13.5. The van der Waals surface area contributed by atoms with Crippen molar-refractivity contribution < 1.29 is 4.74 Å². The summed E-state index contributed by atoms with van der Waals surface area (Å²) in [5, 5.41) is 0. The lowest BCUT2D eigenvalue weighted by Gasteiger charge is -2.31. The first-order valence-corrected chi connectivity index (χ1v) is 6.69. The zero-order valence-corrected chi connectivity index (χ0v) is 11.1. The first-order valence-electron chi connectivity index (χ1n) is 6.69. The Labute approximate surface area is 109 Å². The quantitative estimate of drug-likeness (QED) is 0.814. The van der Waals surface area contributed by atoms with E-state index in [0.29, 0.717) is 18.5 Å². The number of ether oxygens (including phenoxy) is 1. The van der Waals surface area contributed by atoms with Crippen LogP contribution < -0.4 is 5.73 Å². The minimum Gasteiger partial charge on any atom is -0.381 e. The maximum Gasteiger partial charge on any atom is 0.0510 e. The van der Waals surface area contributed by atoms with Crippen LogP contribution in [0.15, 0.2) is 24.4 Å². The largest absolute Gasteiger partial charge is 0.381 e. The molecule has 2 unspecified atom stereocenters. The summed E-state index contributed by atoms with van der Waals surface area (Å²) in [6, 6.07) is 6.49. The van der Waals surface area contributed by atoms with Crippen LogP contribution in [-0.4, -0.2) is 49.3 Å². The Bertz CT molecular complexity index is 338. The van der Waals surface area contributed by atoms with Gasteiger partial charge in [-0.2, -0.15) is 0 Å². The van der Waals surface area contributed by atoms with E-state index in [-0.39, 0.29) is 0 Å². The highest BCUT2D eigenvalue weighted by atomic mass is 16.5. The molecule has 0 aromatic carbocycles. The molecule has 1 aromatic heterocycles. The molecule has 0 saturated carbocycles. The first-order chi connectivity index (χ1) is 8.81. The average molecular weight is 249 g/mol. The van der Waals surface area contributed by atoms with E-state index in [2.05, 4.69) is 23.0 Å². The number of nitrogens with two attached hydrogens (primary N) is 1. The van der Waals surface area contributed by atoms with E-state index in [1.165, 1.54) is 0 Å². The highest BCUT2D eigenvalue weighted by Crippen LogP contribution is 2.19. The lowest BCUT2D eigenvalue weighted by molar-refractivity contribution is 0.141. The maximum atomic E-state index is 5.91. The van der Waals surface area contributed by atoms with E-state index in [4.69, 9.17) is 10.5 Å². The van der Waals surface area contributed by atoms with Gasteiger partial charge >= 0.3 is 0 Å². The standard InChI is InChI=1S/C14H23N3O/c1-17(8-5-13-4-2-3-7-16-13)14(10-15)12-6-9-18-11-12/h2-4,7,12,14H,5-6,8-11,15H2,1H3. The van der Waals surface area contributed by atoms with Crippen LogP contribution in [0.3, 0.4) is 0 Å². The number of hydrogen-bond acceptors (Lipinski definition) is 4. The summed E-state index contributed by atoms with van der Waals surface area (Å²) >= 11 is 0. The van der Waals surface area contributed by atoms with Crippen molar-refractivity contribution in [1.82, 2.24) is 9.88 Å². The molecular weight excluding hydrogens is 226 g/mol. The van der Waals surface area contributed by atoms with Crippen LogP contribution in [0.2, 0.25) is 0 Å². The Kier molecular flexibility index (Phi) is 5.11. The number of hydrogen-bond donors (Lipinski definition) is 1. The highest BCUT2D eigenvalue weighted by molar-refractivity contribution is 5.03. The van der Waals surface area contributed by atoms with Crippen molar-refractivity contribution in [3.8, 4) is 0 Å². The van der Waals surface area contributed by atoms with E-state index in [0.717, 1.165) is 38.3 Å². The molecule has 18 heavy (non-hydrogen) atoms. The molecule has 0 spiro atoms. The van der Waals surface area contributed by atoms with Gasteiger partial charge in [-0.05, 0) is 25.6 Å². The molecule has 4 heteroatoms. The van der Waals surface area contributed by atoms with Crippen LogP contribution in [0.4, 0.5) is 0 Å². The van der Waals surface area contributed by atoms with E-state index in [1.54, 1.807) is 0 Å². The minimum absolute atomic E-state index is 0.427. The summed E-state index contributed by atoms with van der Waals surface area (Å²) in [6.45, 7) is 3.44. The van der Waals surface area contributed by atoms with Crippen molar-refractivity contribution in [2.75, 3.05) is 33.4 Å². The van der Waals surface area contributed by atoms with Crippen LogP contribution >= 0.6 is 0 Å². The van der Waals surface area contributed by atoms with Gasteiger partial charge in [0.2, 0.25) is 0 Å². The van der Waals surface area contributed by atoms with Gasteiger partial charge in [-0.1, -0.05) is 6.07 Å². The van der Waals surface area contributed by atoms with Gasteiger partial charge in [-0.15, -0.1) is 0 Å². The van der Waals surface area contributed by atoms with E-state index < -0.39 is 0 Å². The zero-order valence-electron chi connectivity index (χ0n) is 11.1. The Morgan fingerprint density at radius 2 is 2.44 bits per heavy atom.